The van der Waals surface area contributed by atoms with Crippen molar-refractivity contribution in [2.24, 2.45) is 0 Å². The molecule has 11 heteroatoms. The van der Waals surface area contributed by atoms with Gasteiger partial charge in [0.1, 0.15) is 0 Å². The molecular formula is C12H24CaN2O6S2-2. The molecule has 0 bridgehead atoms. The van der Waals surface area contributed by atoms with Crippen LogP contribution in [-0.4, -0.2) is 75.8 Å². The maximum absolute atomic E-state index is 10.2. The molecule has 0 spiro atoms. The third-order valence-corrected chi connectivity index (χ3v) is 5.08. The third kappa shape index (κ3) is 13.9. The Bertz CT molecular complexity index is 466. The Morgan fingerprint density at radius 1 is 0.609 bits per heavy atom. The van der Waals surface area contributed by atoms with Gasteiger partial charge < -0.3 is 9.11 Å². The van der Waals surface area contributed by atoms with Gasteiger partial charge in [0, 0.05) is 49.8 Å². The molecule has 0 unspecified atom stereocenters. The summed E-state index contributed by atoms with van der Waals surface area (Å²) in [5.74, 6) is 0. The summed E-state index contributed by atoms with van der Waals surface area (Å²) in [5, 5.41) is 0. The number of nitrogens with one attached hydrogen (secondary N) is 2. The van der Waals surface area contributed by atoms with Gasteiger partial charge in [0.2, 0.25) is 0 Å². The smallest absolute Gasteiger partial charge is 0.159 e. The fourth-order valence-corrected chi connectivity index (χ4v) is 4.14. The molecule has 2 rings (SSSR count). The summed E-state index contributed by atoms with van der Waals surface area (Å²) >= 11 is 0. The molecule has 134 valence electrons. The summed E-state index contributed by atoms with van der Waals surface area (Å²) in [7, 11) is -8.45. The van der Waals surface area contributed by atoms with Gasteiger partial charge in [-0.15, -0.1) is 0 Å². The summed E-state index contributed by atoms with van der Waals surface area (Å²) in [6.45, 7) is 0. The predicted molar refractivity (Wildman–Crippen MR) is 85.2 cm³/mol. The van der Waals surface area contributed by atoms with Crippen LogP contribution in [0.25, 0.3) is 0 Å². The molecule has 2 radical (unpaired) electrons. The van der Waals surface area contributed by atoms with Crippen molar-refractivity contribution in [3.05, 3.63) is 0 Å². The van der Waals surface area contributed by atoms with Crippen LogP contribution >= 0.6 is 0 Å². The van der Waals surface area contributed by atoms with Gasteiger partial charge in [-0.25, -0.2) is 26.3 Å². The number of hydrogen-bond donors (Lipinski definition) is 2. The molecule has 0 aliphatic heterocycles. The van der Waals surface area contributed by atoms with Crippen LogP contribution in [0.5, 0.6) is 0 Å². The van der Waals surface area contributed by atoms with E-state index in [2.05, 4.69) is 9.44 Å². The quantitative estimate of drug-likeness (QED) is 0.519. The van der Waals surface area contributed by atoms with Gasteiger partial charge in [0.15, 0.2) is 20.6 Å². The van der Waals surface area contributed by atoms with Gasteiger partial charge in [-0.3, -0.25) is 0 Å². The normalized spacial score (nSPS) is 21.0. The minimum Gasteiger partial charge on any atom is -0.735 e. The van der Waals surface area contributed by atoms with Crippen molar-refractivity contribution in [1.82, 2.24) is 9.44 Å². The molecule has 0 amide bonds. The van der Waals surface area contributed by atoms with Crippen molar-refractivity contribution < 1.29 is 25.9 Å². The van der Waals surface area contributed by atoms with E-state index in [0.29, 0.717) is 0 Å². The summed E-state index contributed by atoms with van der Waals surface area (Å²) < 4.78 is 65.5. The molecule has 2 fully saturated rings. The average Bonchev–Trinajstić information content (AvgIpc) is 2.38. The van der Waals surface area contributed by atoms with E-state index in [1.807, 2.05) is 0 Å². The van der Waals surface area contributed by atoms with Crippen LogP contribution in [0, 0.1) is 0 Å². The summed E-state index contributed by atoms with van der Waals surface area (Å²) in [6, 6.07) is -0.211. The molecule has 0 aromatic carbocycles. The van der Waals surface area contributed by atoms with E-state index in [0.717, 1.165) is 64.2 Å². The first-order chi connectivity index (χ1) is 10.2. The van der Waals surface area contributed by atoms with Crippen LogP contribution in [0.4, 0.5) is 0 Å². The van der Waals surface area contributed by atoms with Gasteiger partial charge >= 0.3 is 0 Å². The SMILES string of the molecule is O=S(=O)([O-])NC1CCCCC1.O=S(=O)([O-])NC1CCCCC1.[Ca]. The molecule has 0 atom stereocenters. The van der Waals surface area contributed by atoms with E-state index in [1.54, 1.807) is 0 Å². The van der Waals surface area contributed by atoms with Crippen LogP contribution in [-0.2, 0) is 20.6 Å². The second-order valence-electron chi connectivity index (χ2n) is 5.81. The van der Waals surface area contributed by atoms with Crippen LogP contribution in [0.1, 0.15) is 64.2 Å². The van der Waals surface area contributed by atoms with Crippen molar-refractivity contribution in [3.63, 3.8) is 0 Å². The van der Waals surface area contributed by atoms with E-state index in [-0.39, 0.29) is 49.8 Å². The Balaban J connectivity index is 0.000000403. The maximum atomic E-state index is 10.2. The predicted octanol–water partition coefficient (Wildman–Crippen LogP) is 0.357. The first-order valence-electron chi connectivity index (χ1n) is 7.62. The maximum Gasteiger partial charge on any atom is 0.159 e. The van der Waals surface area contributed by atoms with Gasteiger partial charge in [-0.05, 0) is 25.7 Å². The largest absolute Gasteiger partial charge is 0.735 e. The fraction of sp³-hybridized carbons (Fsp3) is 1.00. The zero-order valence-electron chi connectivity index (χ0n) is 13.2. The van der Waals surface area contributed by atoms with E-state index < -0.39 is 20.6 Å². The molecule has 0 aromatic rings. The molecular weight excluding hydrogens is 372 g/mol. The summed E-state index contributed by atoms with van der Waals surface area (Å²) in [5.41, 5.74) is 0. The van der Waals surface area contributed by atoms with Crippen molar-refractivity contribution in [2.45, 2.75) is 76.3 Å². The summed E-state index contributed by atoms with van der Waals surface area (Å²) in [6.07, 6.45) is 9.61. The molecule has 2 aliphatic rings. The van der Waals surface area contributed by atoms with E-state index in [9.17, 15) is 25.9 Å². The van der Waals surface area contributed by atoms with Crippen LogP contribution < -0.4 is 9.44 Å². The van der Waals surface area contributed by atoms with Gasteiger partial charge in [-0.2, -0.15) is 0 Å². The zero-order valence-corrected chi connectivity index (χ0v) is 17.0. The fourth-order valence-electron chi connectivity index (χ4n) is 2.85. The molecule has 2 saturated carbocycles. The molecule has 2 aliphatic carbocycles. The molecule has 0 aromatic heterocycles. The molecule has 0 saturated heterocycles. The minimum absolute atomic E-state index is 0. The van der Waals surface area contributed by atoms with E-state index >= 15 is 0 Å². The van der Waals surface area contributed by atoms with Crippen molar-refractivity contribution in [3.8, 4) is 0 Å². The van der Waals surface area contributed by atoms with E-state index in [1.165, 1.54) is 0 Å². The first kappa shape index (κ1) is 24.0. The standard InChI is InChI=1S/2C6H13NO3S.Ca/c2*8-11(9,10)7-6-4-2-1-3-5-6;/h2*6-7H,1-5H2,(H,8,9,10);/p-2. The zero-order chi connectivity index (χ0) is 16.6. The van der Waals surface area contributed by atoms with Crippen LogP contribution in [0.2, 0.25) is 0 Å². The molecule has 23 heavy (non-hydrogen) atoms. The Hall–Kier alpha value is 1.000. The van der Waals surface area contributed by atoms with Crippen molar-refractivity contribution in [2.75, 3.05) is 0 Å². The number of rotatable bonds is 4. The van der Waals surface area contributed by atoms with Crippen molar-refractivity contribution in [1.29, 1.82) is 0 Å². The molecule has 0 heterocycles. The van der Waals surface area contributed by atoms with Gasteiger partial charge in [-0.1, -0.05) is 38.5 Å². The van der Waals surface area contributed by atoms with Crippen LogP contribution in [0.3, 0.4) is 0 Å². The topological polar surface area (TPSA) is 138 Å². The molecule has 2 N–H and O–H groups in total. The summed E-state index contributed by atoms with van der Waals surface area (Å²) in [4.78, 5) is 0. The minimum atomic E-state index is -4.22. The second-order valence-corrected chi connectivity index (χ2v) is 8.10. The van der Waals surface area contributed by atoms with Crippen LogP contribution in [0.15, 0.2) is 0 Å². The third-order valence-electron chi connectivity index (χ3n) is 3.83. The number of hydrogen-bond acceptors (Lipinski definition) is 6. The molecule has 8 nitrogen and oxygen atoms in total. The Morgan fingerprint density at radius 2 is 0.870 bits per heavy atom. The second kappa shape index (κ2) is 11.6. The van der Waals surface area contributed by atoms with E-state index in [4.69, 9.17) is 0 Å². The van der Waals surface area contributed by atoms with Gasteiger partial charge in [0.25, 0.3) is 0 Å². The Morgan fingerprint density at radius 3 is 1.09 bits per heavy atom. The monoisotopic (exact) mass is 396 g/mol. The Kier molecular flexibility index (Phi) is 12.1. The van der Waals surface area contributed by atoms with Crippen molar-refractivity contribution >= 4 is 58.3 Å². The first-order valence-corrected chi connectivity index (χ1v) is 10.4. The van der Waals surface area contributed by atoms with Gasteiger partial charge in [0.05, 0.1) is 0 Å². The Labute approximate surface area is 168 Å². The average molecular weight is 397 g/mol.